The third-order valence-electron chi connectivity index (χ3n) is 4.72. The molecule has 2 N–H and O–H groups in total. The number of amides is 1. The van der Waals surface area contributed by atoms with Gasteiger partial charge in [0.2, 0.25) is 15.9 Å². The molecule has 2 heterocycles. The number of rotatable bonds is 5. The van der Waals surface area contributed by atoms with E-state index in [-0.39, 0.29) is 23.6 Å². The predicted molar refractivity (Wildman–Crippen MR) is 86.8 cm³/mol. The average molecular weight is 331 g/mol. The Morgan fingerprint density at radius 2 is 1.86 bits per heavy atom. The third-order valence-corrected chi connectivity index (χ3v) is 6.68. The second kappa shape index (κ2) is 7.75. The highest BCUT2D eigenvalue weighted by atomic mass is 32.2. The predicted octanol–water partition coefficient (Wildman–Crippen LogP) is 0.778. The number of likely N-dealkylation sites (tertiary alicyclic amines) is 1. The third kappa shape index (κ3) is 4.43. The lowest BCUT2D eigenvalue weighted by atomic mass is 9.95. The molecule has 0 aromatic rings. The molecule has 22 heavy (non-hydrogen) atoms. The first kappa shape index (κ1) is 17.7. The van der Waals surface area contributed by atoms with Gasteiger partial charge in [0.1, 0.15) is 0 Å². The molecular weight excluding hydrogens is 302 g/mol. The van der Waals surface area contributed by atoms with Crippen molar-refractivity contribution in [1.82, 2.24) is 9.21 Å². The van der Waals surface area contributed by atoms with Gasteiger partial charge in [-0.25, -0.2) is 12.7 Å². The van der Waals surface area contributed by atoms with E-state index in [4.69, 9.17) is 5.73 Å². The van der Waals surface area contributed by atoms with E-state index in [2.05, 4.69) is 0 Å². The minimum atomic E-state index is -3.14. The van der Waals surface area contributed by atoms with Gasteiger partial charge in [-0.15, -0.1) is 0 Å². The number of piperidine rings is 2. The number of nitrogens with two attached hydrogens (primary N) is 1. The fourth-order valence-electron chi connectivity index (χ4n) is 3.31. The Kier molecular flexibility index (Phi) is 6.23. The maximum Gasteiger partial charge on any atom is 0.225 e. The van der Waals surface area contributed by atoms with Crippen LogP contribution in [0.15, 0.2) is 0 Å². The van der Waals surface area contributed by atoms with Crippen LogP contribution in [0.1, 0.15) is 45.4 Å². The van der Waals surface area contributed by atoms with Crippen LogP contribution in [0.4, 0.5) is 0 Å². The molecule has 6 nitrogen and oxygen atoms in total. The summed E-state index contributed by atoms with van der Waals surface area (Å²) in [6, 6.07) is 0.0900. The van der Waals surface area contributed by atoms with Crippen molar-refractivity contribution in [3.63, 3.8) is 0 Å². The Balaban J connectivity index is 1.85. The van der Waals surface area contributed by atoms with Crippen molar-refractivity contribution in [3.05, 3.63) is 0 Å². The Hall–Kier alpha value is -0.660. The molecule has 1 unspecified atom stereocenters. The standard InChI is InChI=1S/C15H29N3O3S/c1-2-3-11-22(20,21)18-9-6-13(7-10-18)15(19)17-8-4-5-14(16)12-17/h13-14H,2-12,16H2,1H3. The van der Waals surface area contributed by atoms with Crippen LogP contribution in [0.5, 0.6) is 0 Å². The van der Waals surface area contributed by atoms with E-state index in [1.165, 1.54) is 0 Å². The minimum absolute atomic E-state index is 0.0390. The van der Waals surface area contributed by atoms with E-state index in [1.807, 2.05) is 11.8 Å². The van der Waals surface area contributed by atoms with E-state index in [1.54, 1.807) is 4.31 Å². The SMILES string of the molecule is CCCCS(=O)(=O)N1CCC(C(=O)N2CCCC(N)C2)CC1. The van der Waals surface area contributed by atoms with Gasteiger partial charge in [-0.1, -0.05) is 13.3 Å². The highest BCUT2D eigenvalue weighted by molar-refractivity contribution is 7.89. The second-order valence-electron chi connectivity index (χ2n) is 6.53. The molecule has 2 rings (SSSR count). The summed E-state index contributed by atoms with van der Waals surface area (Å²) in [5.74, 6) is 0.354. The van der Waals surface area contributed by atoms with Crippen LogP contribution >= 0.6 is 0 Å². The molecule has 128 valence electrons. The summed E-state index contributed by atoms with van der Waals surface area (Å²) in [6.07, 6.45) is 4.80. The molecule has 0 aromatic carbocycles. The van der Waals surface area contributed by atoms with Crippen molar-refractivity contribution in [2.75, 3.05) is 31.9 Å². The van der Waals surface area contributed by atoms with E-state index in [0.29, 0.717) is 38.9 Å². The fraction of sp³-hybridized carbons (Fsp3) is 0.933. The van der Waals surface area contributed by atoms with Crippen molar-refractivity contribution < 1.29 is 13.2 Å². The number of nitrogens with zero attached hydrogens (tertiary/aromatic N) is 2. The summed E-state index contributed by atoms with van der Waals surface area (Å²) < 4.78 is 25.9. The van der Waals surface area contributed by atoms with Crippen LogP contribution in [0.25, 0.3) is 0 Å². The zero-order chi connectivity index (χ0) is 16.2. The number of hydrogen-bond donors (Lipinski definition) is 1. The number of hydrogen-bond acceptors (Lipinski definition) is 4. The summed E-state index contributed by atoms with van der Waals surface area (Å²) >= 11 is 0. The largest absolute Gasteiger partial charge is 0.341 e. The summed E-state index contributed by atoms with van der Waals surface area (Å²) in [5, 5.41) is 0. The fourth-order valence-corrected chi connectivity index (χ4v) is 4.98. The monoisotopic (exact) mass is 331 g/mol. The summed E-state index contributed by atoms with van der Waals surface area (Å²) in [5.41, 5.74) is 5.94. The highest BCUT2D eigenvalue weighted by Gasteiger charge is 2.33. The van der Waals surface area contributed by atoms with Crippen molar-refractivity contribution in [3.8, 4) is 0 Å². The molecule has 0 aliphatic carbocycles. The smallest absolute Gasteiger partial charge is 0.225 e. The van der Waals surface area contributed by atoms with Gasteiger partial charge in [-0.3, -0.25) is 4.79 Å². The summed E-state index contributed by atoms with van der Waals surface area (Å²) in [4.78, 5) is 14.4. The Morgan fingerprint density at radius 3 is 2.45 bits per heavy atom. The molecule has 2 aliphatic rings. The molecule has 0 aromatic heterocycles. The van der Waals surface area contributed by atoms with Gasteiger partial charge in [0.05, 0.1) is 5.75 Å². The quantitative estimate of drug-likeness (QED) is 0.807. The maximum atomic E-state index is 12.5. The van der Waals surface area contributed by atoms with Crippen LogP contribution in [-0.4, -0.2) is 61.5 Å². The van der Waals surface area contributed by atoms with Gasteiger partial charge >= 0.3 is 0 Å². The number of carbonyl (C=O) groups excluding carboxylic acids is 1. The second-order valence-corrected chi connectivity index (χ2v) is 8.62. The van der Waals surface area contributed by atoms with E-state index in [9.17, 15) is 13.2 Å². The molecule has 0 radical (unpaired) electrons. The first-order valence-electron chi connectivity index (χ1n) is 8.46. The minimum Gasteiger partial charge on any atom is -0.341 e. The molecule has 1 atom stereocenters. The Bertz CT molecular complexity index is 472. The molecule has 0 bridgehead atoms. The van der Waals surface area contributed by atoms with E-state index >= 15 is 0 Å². The van der Waals surface area contributed by atoms with Crippen molar-refractivity contribution in [1.29, 1.82) is 0 Å². The number of sulfonamides is 1. The highest BCUT2D eigenvalue weighted by Crippen LogP contribution is 2.23. The van der Waals surface area contributed by atoms with Gasteiger partial charge in [-0.2, -0.15) is 0 Å². The van der Waals surface area contributed by atoms with Crippen molar-refractivity contribution in [2.24, 2.45) is 11.7 Å². The number of unbranched alkanes of at least 4 members (excludes halogenated alkanes) is 1. The van der Waals surface area contributed by atoms with Crippen molar-refractivity contribution in [2.45, 2.75) is 51.5 Å². The summed E-state index contributed by atoms with van der Waals surface area (Å²) in [6.45, 7) is 4.38. The Labute approximate surface area is 134 Å². The lowest BCUT2D eigenvalue weighted by molar-refractivity contribution is -0.137. The van der Waals surface area contributed by atoms with Gasteiger partial charge in [-0.05, 0) is 32.1 Å². The average Bonchev–Trinajstić information content (AvgIpc) is 2.52. The van der Waals surface area contributed by atoms with Crippen LogP contribution < -0.4 is 5.73 Å². The number of carbonyl (C=O) groups is 1. The molecule has 7 heteroatoms. The van der Waals surface area contributed by atoms with Crippen LogP contribution in [0.2, 0.25) is 0 Å². The van der Waals surface area contributed by atoms with E-state index < -0.39 is 10.0 Å². The lowest BCUT2D eigenvalue weighted by Crippen LogP contribution is -2.50. The van der Waals surface area contributed by atoms with Crippen LogP contribution in [0.3, 0.4) is 0 Å². The maximum absolute atomic E-state index is 12.5. The first-order valence-corrected chi connectivity index (χ1v) is 10.1. The molecule has 1 amide bonds. The molecule has 0 spiro atoms. The lowest BCUT2D eigenvalue weighted by Gasteiger charge is -2.36. The van der Waals surface area contributed by atoms with Crippen molar-refractivity contribution >= 4 is 15.9 Å². The summed E-state index contributed by atoms with van der Waals surface area (Å²) in [7, 11) is -3.14. The van der Waals surface area contributed by atoms with Gasteiger partial charge < -0.3 is 10.6 Å². The van der Waals surface area contributed by atoms with Gasteiger partial charge in [0, 0.05) is 38.1 Å². The first-order chi connectivity index (χ1) is 10.4. The molecule has 2 aliphatic heterocycles. The van der Waals surface area contributed by atoms with E-state index in [0.717, 1.165) is 25.8 Å². The topological polar surface area (TPSA) is 83.7 Å². The molecule has 2 fully saturated rings. The normalized spacial score (nSPS) is 25.4. The van der Waals surface area contributed by atoms with Crippen LogP contribution in [-0.2, 0) is 14.8 Å². The zero-order valence-electron chi connectivity index (χ0n) is 13.5. The zero-order valence-corrected chi connectivity index (χ0v) is 14.4. The molecule has 0 saturated carbocycles. The molecule has 2 saturated heterocycles. The van der Waals surface area contributed by atoms with Gasteiger partial charge in [0.15, 0.2) is 0 Å². The van der Waals surface area contributed by atoms with Crippen LogP contribution in [0, 0.1) is 5.92 Å². The van der Waals surface area contributed by atoms with Gasteiger partial charge in [0.25, 0.3) is 0 Å². The Morgan fingerprint density at radius 1 is 1.18 bits per heavy atom. The molecular formula is C15H29N3O3S.